The van der Waals surface area contributed by atoms with Gasteiger partial charge in [0.2, 0.25) is 0 Å². The molecule has 0 spiro atoms. The maximum atomic E-state index is 12.6. The van der Waals surface area contributed by atoms with Crippen LogP contribution in [0, 0.1) is 0 Å². The van der Waals surface area contributed by atoms with E-state index in [1.54, 1.807) is 7.11 Å². The monoisotopic (exact) mass is 374 g/mol. The first-order chi connectivity index (χ1) is 12.6. The van der Waals surface area contributed by atoms with Crippen molar-refractivity contribution in [3.63, 3.8) is 0 Å². The number of para-hydroxylation sites is 1. The number of nitrogens with one attached hydrogen (secondary N) is 2. The van der Waals surface area contributed by atoms with Crippen molar-refractivity contribution in [1.29, 1.82) is 0 Å². The molecule has 0 radical (unpaired) electrons. The zero-order chi connectivity index (χ0) is 18.5. The fourth-order valence-corrected chi connectivity index (χ4v) is 3.57. The van der Waals surface area contributed by atoms with Crippen LogP contribution in [0.1, 0.15) is 6.92 Å². The number of halogens is 1. The molecule has 0 saturated carbocycles. The number of hydrogen-bond acceptors (Lipinski definition) is 3. The van der Waals surface area contributed by atoms with Gasteiger partial charge in [-0.3, -0.25) is 4.79 Å². The van der Waals surface area contributed by atoms with Gasteiger partial charge in [-0.2, -0.15) is 0 Å². The van der Waals surface area contributed by atoms with Crippen LogP contribution < -0.4 is 19.9 Å². The molecule has 0 bridgehead atoms. The molecule has 26 heavy (non-hydrogen) atoms. The quantitative estimate of drug-likeness (QED) is 0.842. The summed E-state index contributed by atoms with van der Waals surface area (Å²) in [4.78, 5) is 16.2. The molecule has 6 heteroatoms. The number of rotatable bonds is 5. The summed E-state index contributed by atoms with van der Waals surface area (Å²) in [5.74, 6) is 0.760. The summed E-state index contributed by atoms with van der Waals surface area (Å²) in [5.41, 5.74) is 1.83. The molecule has 1 saturated heterocycles. The van der Waals surface area contributed by atoms with Crippen molar-refractivity contribution in [2.24, 2.45) is 0 Å². The number of quaternary nitrogens is 1. The molecule has 1 aliphatic rings. The number of carbonyl (C=O) groups is 1. The Hall–Kier alpha value is -2.24. The molecular weight excluding hydrogens is 350 g/mol. The molecule has 1 aliphatic heterocycles. The number of ether oxygens (including phenoxy) is 1. The van der Waals surface area contributed by atoms with Gasteiger partial charge in [0, 0.05) is 11.8 Å². The molecule has 3 rings (SSSR count). The molecule has 5 nitrogen and oxygen atoms in total. The minimum Gasteiger partial charge on any atom is -0.497 e. The maximum absolute atomic E-state index is 12.6. The van der Waals surface area contributed by atoms with E-state index in [-0.39, 0.29) is 11.9 Å². The lowest BCUT2D eigenvalue weighted by molar-refractivity contribution is -0.914. The Morgan fingerprint density at radius 2 is 1.92 bits per heavy atom. The predicted molar refractivity (Wildman–Crippen MR) is 105 cm³/mol. The van der Waals surface area contributed by atoms with E-state index >= 15 is 0 Å². The average Bonchev–Trinajstić information content (AvgIpc) is 2.68. The van der Waals surface area contributed by atoms with Crippen LogP contribution in [0.4, 0.5) is 11.4 Å². The molecular formula is C20H25ClN3O2+. The number of carbonyl (C=O) groups excluding carboxylic acids is 1. The van der Waals surface area contributed by atoms with Gasteiger partial charge in [0.05, 0.1) is 44.0 Å². The van der Waals surface area contributed by atoms with Crippen LogP contribution >= 0.6 is 11.6 Å². The number of methoxy groups -OCH3 is 1. The van der Waals surface area contributed by atoms with Crippen LogP contribution in [-0.2, 0) is 4.79 Å². The highest BCUT2D eigenvalue weighted by molar-refractivity contribution is 6.33. The van der Waals surface area contributed by atoms with E-state index in [0.29, 0.717) is 0 Å². The van der Waals surface area contributed by atoms with Crippen molar-refractivity contribution in [2.45, 2.75) is 13.0 Å². The predicted octanol–water partition coefficient (Wildman–Crippen LogP) is 2.08. The van der Waals surface area contributed by atoms with Gasteiger partial charge in [0.25, 0.3) is 5.91 Å². The lowest BCUT2D eigenvalue weighted by Crippen LogP contribution is -3.19. The summed E-state index contributed by atoms with van der Waals surface area (Å²) in [6, 6.07) is 15.2. The topological polar surface area (TPSA) is 46.0 Å². The Bertz CT molecular complexity index is 760. The van der Waals surface area contributed by atoms with Crippen LogP contribution in [-0.4, -0.2) is 45.2 Å². The molecule has 0 unspecified atom stereocenters. The van der Waals surface area contributed by atoms with Crippen LogP contribution in [0.3, 0.4) is 0 Å². The largest absolute Gasteiger partial charge is 0.497 e. The average molecular weight is 375 g/mol. The third-order valence-corrected chi connectivity index (χ3v) is 5.26. The van der Waals surface area contributed by atoms with E-state index in [1.165, 1.54) is 4.90 Å². The van der Waals surface area contributed by atoms with Gasteiger partial charge in [-0.05, 0) is 31.2 Å². The zero-order valence-corrected chi connectivity index (χ0v) is 15.9. The van der Waals surface area contributed by atoms with E-state index in [0.717, 1.165) is 48.3 Å². The van der Waals surface area contributed by atoms with Gasteiger partial charge < -0.3 is 19.9 Å². The van der Waals surface area contributed by atoms with Crippen molar-refractivity contribution < 1.29 is 14.4 Å². The highest BCUT2D eigenvalue weighted by Crippen LogP contribution is 2.24. The third kappa shape index (κ3) is 4.29. The SMILES string of the molecule is COc1cccc(NC(=O)[C@H](C)[NH+]2CCN(c3ccccc3Cl)CC2)c1. The van der Waals surface area contributed by atoms with Gasteiger partial charge in [-0.25, -0.2) is 0 Å². The molecule has 2 aromatic carbocycles. The fourth-order valence-electron chi connectivity index (χ4n) is 3.31. The van der Waals surface area contributed by atoms with Crippen LogP contribution in [0.15, 0.2) is 48.5 Å². The Kier molecular flexibility index (Phi) is 6.01. The van der Waals surface area contributed by atoms with E-state index in [9.17, 15) is 4.79 Å². The maximum Gasteiger partial charge on any atom is 0.282 e. The molecule has 1 atom stereocenters. The molecule has 138 valence electrons. The number of benzene rings is 2. The second-order valence-corrected chi connectivity index (χ2v) is 6.95. The molecule has 1 amide bonds. The Morgan fingerprint density at radius 3 is 2.62 bits per heavy atom. The first kappa shape index (κ1) is 18.5. The van der Waals surface area contributed by atoms with Crippen molar-refractivity contribution in [1.82, 2.24) is 0 Å². The van der Waals surface area contributed by atoms with E-state index in [2.05, 4.69) is 10.2 Å². The van der Waals surface area contributed by atoms with E-state index < -0.39 is 0 Å². The van der Waals surface area contributed by atoms with Gasteiger partial charge in [0.1, 0.15) is 5.75 Å². The normalized spacial score (nSPS) is 16.2. The van der Waals surface area contributed by atoms with Gasteiger partial charge in [-0.15, -0.1) is 0 Å². The second kappa shape index (κ2) is 8.43. The van der Waals surface area contributed by atoms with Gasteiger partial charge in [-0.1, -0.05) is 29.8 Å². The standard InChI is InChI=1S/C20H24ClN3O2/c1-15(20(25)22-16-6-5-7-17(14-16)26-2)23-10-12-24(13-11-23)19-9-4-3-8-18(19)21/h3-9,14-15H,10-13H2,1-2H3,(H,22,25)/p+1/t15-/m0/s1. The minimum absolute atomic E-state index is 0.0273. The summed E-state index contributed by atoms with van der Waals surface area (Å²) in [6.45, 7) is 5.55. The van der Waals surface area contributed by atoms with Crippen molar-refractivity contribution in [3.8, 4) is 5.75 Å². The summed E-state index contributed by atoms with van der Waals surface area (Å²) in [7, 11) is 1.62. The van der Waals surface area contributed by atoms with Gasteiger partial charge in [0.15, 0.2) is 6.04 Å². The number of piperazine rings is 1. The Labute approximate surface area is 159 Å². The molecule has 2 aromatic rings. The number of amides is 1. The Balaban J connectivity index is 1.56. The van der Waals surface area contributed by atoms with Crippen LogP contribution in [0.25, 0.3) is 0 Å². The minimum atomic E-state index is -0.116. The van der Waals surface area contributed by atoms with E-state index in [4.69, 9.17) is 16.3 Å². The van der Waals surface area contributed by atoms with Crippen molar-refractivity contribution >= 4 is 28.9 Å². The molecule has 1 heterocycles. The number of hydrogen-bond donors (Lipinski definition) is 2. The number of anilines is 2. The summed E-state index contributed by atoms with van der Waals surface area (Å²) in [5, 5.41) is 3.77. The van der Waals surface area contributed by atoms with Crippen molar-refractivity contribution in [2.75, 3.05) is 43.5 Å². The lowest BCUT2D eigenvalue weighted by atomic mass is 10.2. The third-order valence-electron chi connectivity index (χ3n) is 4.94. The van der Waals surface area contributed by atoms with Crippen LogP contribution in [0.2, 0.25) is 5.02 Å². The number of nitrogens with zero attached hydrogens (tertiary/aromatic N) is 1. The molecule has 2 N–H and O–H groups in total. The first-order valence-corrected chi connectivity index (χ1v) is 9.25. The fraction of sp³-hybridized carbons (Fsp3) is 0.350. The zero-order valence-electron chi connectivity index (χ0n) is 15.2. The highest BCUT2D eigenvalue weighted by atomic mass is 35.5. The van der Waals surface area contributed by atoms with Crippen molar-refractivity contribution in [3.05, 3.63) is 53.6 Å². The van der Waals surface area contributed by atoms with Crippen LogP contribution in [0.5, 0.6) is 5.75 Å². The molecule has 1 fully saturated rings. The van der Waals surface area contributed by atoms with E-state index in [1.807, 2.05) is 55.5 Å². The first-order valence-electron chi connectivity index (χ1n) is 8.87. The second-order valence-electron chi connectivity index (χ2n) is 6.54. The summed E-state index contributed by atoms with van der Waals surface area (Å²) >= 11 is 6.30. The lowest BCUT2D eigenvalue weighted by Gasteiger charge is -2.36. The smallest absolute Gasteiger partial charge is 0.282 e. The Morgan fingerprint density at radius 1 is 1.19 bits per heavy atom. The molecule has 0 aromatic heterocycles. The molecule has 0 aliphatic carbocycles. The summed E-state index contributed by atoms with van der Waals surface area (Å²) in [6.07, 6.45) is 0. The summed E-state index contributed by atoms with van der Waals surface area (Å²) < 4.78 is 5.20. The highest BCUT2D eigenvalue weighted by Gasteiger charge is 2.29. The van der Waals surface area contributed by atoms with Gasteiger partial charge >= 0.3 is 0 Å².